The first-order valence-corrected chi connectivity index (χ1v) is 7.46. The topological polar surface area (TPSA) is 34.0 Å². The van der Waals surface area contributed by atoms with Crippen LogP contribution >= 0.6 is 0 Å². The van der Waals surface area contributed by atoms with Gasteiger partial charge in [0.05, 0.1) is 0 Å². The fourth-order valence-electron chi connectivity index (χ4n) is 3.01. The van der Waals surface area contributed by atoms with Gasteiger partial charge in [-0.1, -0.05) is 13.0 Å². The first-order chi connectivity index (χ1) is 9.78. The lowest BCUT2D eigenvalue weighted by Crippen LogP contribution is -2.31. The second kappa shape index (κ2) is 5.75. The first kappa shape index (κ1) is 13.3. The van der Waals surface area contributed by atoms with Crippen LogP contribution in [0.1, 0.15) is 37.2 Å². The van der Waals surface area contributed by atoms with Crippen LogP contribution in [0.2, 0.25) is 0 Å². The number of pyridine rings is 1. The van der Waals surface area contributed by atoms with Gasteiger partial charge in [0.2, 0.25) is 0 Å². The number of hydrogen-bond acceptors (Lipinski definition) is 3. The van der Waals surface area contributed by atoms with Crippen LogP contribution in [-0.4, -0.2) is 39.6 Å². The van der Waals surface area contributed by atoms with Gasteiger partial charge in [-0.05, 0) is 38.6 Å². The van der Waals surface area contributed by atoms with E-state index in [2.05, 4.69) is 46.6 Å². The molecule has 2 aromatic rings. The summed E-state index contributed by atoms with van der Waals surface area (Å²) in [6.45, 7) is 4.44. The summed E-state index contributed by atoms with van der Waals surface area (Å²) in [5.41, 5.74) is 1.21. The number of hydrogen-bond donors (Lipinski definition) is 0. The fraction of sp³-hybridized carbons (Fsp3) is 0.500. The molecule has 1 fully saturated rings. The van der Waals surface area contributed by atoms with Gasteiger partial charge in [-0.3, -0.25) is 4.57 Å². The van der Waals surface area contributed by atoms with Gasteiger partial charge in [-0.25, -0.2) is 9.97 Å². The zero-order chi connectivity index (χ0) is 13.9. The SMILES string of the molecule is CCc1nccn1-c1cccc([C@@H]2CCCN(C)C2)n1. The van der Waals surface area contributed by atoms with Gasteiger partial charge >= 0.3 is 0 Å². The van der Waals surface area contributed by atoms with Gasteiger partial charge in [0.1, 0.15) is 11.6 Å². The molecule has 0 N–H and O–H groups in total. The van der Waals surface area contributed by atoms with Crippen LogP contribution in [0, 0.1) is 0 Å². The highest BCUT2D eigenvalue weighted by atomic mass is 15.1. The Morgan fingerprint density at radius 1 is 1.35 bits per heavy atom. The molecule has 106 valence electrons. The van der Waals surface area contributed by atoms with Crippen molar-refractivity contribution in [1.29, 1.82) is 0 Å². The van der Waals surface area contributed by atoms with E-state index in [1.54, 1.807) is 0 Å². The largest absolute Gasteiger partial charge is 0.306 e. The number of aryl methyl sites for hydroxylation is 1. The summed E-state index contributed by atoms with van der Waals surface area (Å²) < 4.78 is 2.09. The molecule has 0 aliphatic carbocycles. The van der Waals surface area contributed by atoms with Crippen molar-refractivity contribution in [3.8, 4) is 5.82 Å². The van der Waals surface area contributed by atoms with Gasteiger partial charge in [0.25, 0.3) is 0 Å². The monoisotopic (exact) mass is 270 g/mol. The Kier molecular flexibility index (Phi) is 3.83. The molecule has 1 saturated heterocycles. The molecule has 3 heterocycles. The molecule has 0 saturated carbocycles. The molecule has 0 spiro atoms. The van der Waals surface area contributed by atoms with Crippen molar-refractivity contribution in [2.45, 2.75) is 32.1 Å². The van der Waals surface area contributed by atoms with E-state index in [9.17, 15) is 0 Å². The molecule has 1 aliphatic heterocycles. The lowest BCUT2D eigenvalue weighted by Gasteiger charge is -2.29. The van der Waals surface area contributed by atoms with Crippen molar-refractivity contribution in [3.63, 3.8) is 0 Å². The van der Waals surface area contributed by atoms with Gasteiger partial charge in [0, 0.05) is 37.0 Å². The molecule has 2 aromatic heterocycles. The average molecular weight is 270 g/mol. The second-order valence-corrected chi connectivity index (χ2v) is 5.59. The molecule has 1 atom stereocenters. The predicted octanol–water partition coefficient (Wildman–Crippen LogP) is 2.64. The van der Waals surface area contributed by atoms with Crippen molar-refractivity contribution in [1.82, 2.24) is 19.4 Å². The number of aromatic nitrogens is 3. The van der Waals surface area contributed by atoms with Crippen molar-refractivity contribution in [2.75, 3.05) is 20.1 Å². The Labute approximate surface area is 120 Å². The molecular weight excluding hydrogens is 248 g/mol. The highest BCUT2D eigenvalue weighted by Gasteiger charge is 2.20. The van der Waals surface area contributed by atoms with E-state index in [0.717, 1.165) is 24.6 Å². The molecule has 1 aliphatic rings. The minimum atomic E-state index is 0.558. The maximum absolute atomic E-state index is 4.88. The van der Waals surface area contributed by atoms with Gasteiger partial charge in [0.15, 0.2) is 0 Å². The minimum absolute atomic E-state index is 0.558. The summed E-state index contributed by atoms with van der Waals surface area (Å²) in [6, 6.07) is 6.35. The third-order valence-electron chi connectivity index (χ3n) is 4.08. The van der Waals surface area contributed by atoms with E-state index in [1.807, 2.05) is 12.4 Å². The van der Waals surface area contributed by atoms with E-state index >= 15 is 0 Å². The smallest absolute Gasteiger partial charge is 0.138 e. The third-order valence-corrected chi connectivity index (χ3v) is 4.08. The number of rotatable bonds is 3. The lowest BCUT2D eigenvalue weighted by molar-refractivity contribution is 0.248. The third kappa shape index (κ3) is 2.61. The van der Waals surface area contributed by atoms with Crippen LogP contribution < -0.4 is 0 Å². The number of likely N-dealkylation sites (N-methyl/N-ethyl adjacent to an activating group) is 1. The van der Waals surface area contributed by atoms with Gasteiger partial charge in [-0.2, -0.15) is 0 Å². The fourth-order valence-corrected chi connectivity index (χ4v) is 3.01. The summed E-state index contributed by atoms with van der Waals surface area (Å²) in [5, 5.41) is 0. The standard InChI is InChI=1S/C16H22N4/c1-3-15-17-9-11-20(15)16-8-4-7-14(18-16)13-6-5-10-19(2)12-13/h4,7-9,11,13H,3,5-6,10,12H2,1-2H3/t13-/m1/s1. The molecule has 0 bridgehead atoms. The van der Waals surface area contributed by atoms with Crippen LogP contribution in [0.5, 0.6) is 0 Å². The highest BCUT2D eigenvalue weighted by Crippen LogP contribution is 2.25. The average Bonchev–Trinajstić information content (AvgIpc) is 2.96. The molecule has 4 nitrogen and oxygen atoms in total. The van der Waals surface area contributed by atoms with Crippen LogP contribution in [0.25, 0.3) is 5.82 Å². The Morgan fingerprint density at radius 3 is 3.05 bits per heavy atom. The Balaban J connectivity index is 1.89. The van der Waals surface area contributed by atoms with Crippen molar-refractivity contribution in [2.24, 2.45) is 0 Å². The summed E-state index contributed by atoms with van der Waals surface area (Å²) in [7, 11) is 2.20. The highest BCUT2D eigenvalue weighted by molar-refractivity contribution is 5.28. The molecule has 0 radical (unpaired) electrons. The van der Waals surface area contributed by atoms with Crippen LogP contribution in [0.4, 0.5) is 0 Å². The van der Waals surface area contributed by atoms with Crippen molar-refractivity contribution < 1.29 is 0 Å². The normalized spacial score (nSPS) is 20.2. The Hall–Kier alpha value is -1.68. The van der Waals surface area contributed by atoms with E-state index in [-0.39, 0.29) is 0 Å². The van der Waals surface area contributed by atoms with Crippen molar-refractivity contribution in [3.05, 3.63) is 42.1 Å². The Morgan fingerprint density at radius 2 is 2.25 bits per heavy atom. The Bertz CT molecular complexity index is 575. The lowest BCUT2D eigenvalue weighted by atomic mass is 9.95. The molecular formula is C16H22N4. The van der Waals surface area contributed by atoms with E-state index < -0.39 is 0 Å². The summed E-state index contributed by atoms with van der Waals surface area (Å²) in [4.78, 5) is 11.7. The zero-order valence-electron chi connectivity index (χ0n) is 12.3. The maximum Gasteiger partial charge on any atom is 0.138 e. The summed E-state index contributed by atoms with van der Waals surface area (Å²) >= 11 is 0. The zero-order valence-corrected chi connectivity index (χ0v) is 12.3. The van der Waals surface area contributed by atoms with E-state index in [1.165, 1.54) is 25.1 Å². The molecule has 0 aromatic carbocycles. The van der Waals surface area contributed by atoms with Crippen LogP contribution in [0.3, 0.4) is 0 Å². The number of piperidine rings is 1. The molecule has 20 heavy (non-hydrogen) atoms. The summed E-state index contributed by atoms with van der Waals surface area (Å²) in [5.74, 6) is 2.61. The summed E-state index contributed by atoms with van der Waals surface area (Å²) in [6.07, 6.45) is 7.27. The predicted molar refractivity (Wildman–Crippen MR) is 80.2 cm³/mol. The molecule has 4 heteroatoms. The van der Waals surface area contributed by atoms with E-state index in [0.29, 0.717) is 5.92 Å². The quantitative estimate of drug-likeness (QED) is 0.860. The van der Waals surface area contributed by atoms with Crippen molar-refractivity contribution >= 4 is 0 Å². The van der Waals surface area contributed by atoms with Crippen LogP contribution in [0.15, 0.2) is 30.6 Å². The van der Waals surface area contributed by atoms with Crippen LogP contribution in [-0.2, 0) is 6.42 Å². The second-order valence-electron chi connectivity index (χ2n) is 5.59. The number of nitrogens with zero attached hydrogens (tertiary/aromatic N) is 4. The van der Waals surface area contributed by atoms with Gasteiger partial charge < -0.3 is 4.90 Å². The molecule has 0 unspecified atom stereocenters. The van der Waals surface area contributed by atoms with Gasteiger partial charge in [-0.15, -0.1) is 0 Å². The first-order valence-electron chi connectivity index (χ1n) is 7.46. The van der Waals surface area contributed by atoms with E-state index in [4.69, 9.17) is 4.98 Å². The maximum atomic E-state index is 4.88. The molecule has 3 rings (SSSR count). The minimum Gasteiger partial charge on any atom is -0.306 e. The molecule has 0 amide bonds. The number of imidazole rings is 1. The number of likely N-dealkylation sites (tertiary alicyclic amines) is 1.